The number of halogens is 1. The Morgan fingerprint density at radius 1 is 1.04 bits per heavy atom. The molecule has 132 valence electrons. The van der Waals surface area contributed by atoms with Crippen molar-refractivity contribution < 1.29 is 4.74 Å². The molecule has 1 aromatic carbocycles. The van der Waals surface area contributed by atoms with Crippen LogP contribution in [0.25, 0.3) is 33.8 Å². The molecule has 4 aromatic heterocycles. The molecule has 8 heteroatoms. The SMILES string of the molecule is COc1ccc(Cl)cc1-c1ccc2cnc(-n3cnc4cnccc43)nn12. The Morgan fingerprint density at radius 3 is 2.85 bits per heavy atom. The van der Waals surface area contributed by atoms with E-state index in [1.807, 2.05) is 39.4 Å². The topological polar surface area (TPSA) is 70.1 Å². The van der Waals surface area contributed by atoms with E-state index in [9.17, 15) is 0 Å². The minimum Gasteiger partial charge on any atom is -0.496 e. The maximum Gasteiger partial charge on any atom is 0.253 e. The van der Waals surface area contributed by atoms with Gasteiger partial charge < -0.3 is 4.74 Å². The Hall–Kier alpha value is -3.45. The third-order valence-electron chi connectivity index (χ3n) is 4.39. The van der Waals surface area contributed by atoms with Gasteiger partial charge in [-0.2, -0.15) is 0 Å². The standard InChI is InChI=1S/C19H13ClN6O/c1-27-18-5-2-12(20)8-14(18)16-4-3-13-9-22-19(24-26(13)16)25-11-23-15-10-21-7-6-17(15)25/h2-11H,1H3. The van der Waals surface area contributed by atoms with Crippen molar-refractivity contribution in [1.29, 1.82) is 0 Å². The number of fused-ring (bicyclic) bond motifs is 2. The van der Waals surface area contributed by atoms with Crippen LogP contribution in [0.1, 0.15) is 0 Å². The summed E-state index contributed by atoms with van der Waals surface area (Å²) >= 11 is 6.20. The van der Waals surface area contributed by atoms with Gasteiger partial charge in [0.2, 0.25) is 0 Å². The van der Waals surface area contributed by atoms with E-state index in [-0.39, 0.29) is 0 Å². The largest absolute Gasteiger partial charge is 0.496 e. The Bertz CT molecular complexity index is 1290. The number of ether oxygens (including phenoxy) is 1. The molecule has 0 radical (unpaired) electrons. The number of hydrogen-bond acceptors (Lipinski definition) is 5. The highest BCUT2D eigenvalue weighted by Crippen LogP contribution is 2.33. The van der Waals surface area contributed by atoms with Crippen LogP contribution in [0.15, 0.2) is 61.3 Å². The lowest BCUT2D eigenvalue weighted by molar-refractivity contribution is 0.416. The predicted molar refractivity (Wildman–Crippen MR) is 102 cm³/mol. The van der Waals surface area contributed by atoms with Crippen molar-refractivity contribution in [2.24, 2.45) is 0 Å². The molecule has 0 aliphatic heterocycles. The second-order valence-electron chi connectivity index (χ2n) is 5.94. The van der Waals surface area contributed by atoms with E-state index < -0.39 is 0 Å². The summed E-state index contributed by atoms with van der Waals surface area (Å²) in [6.45, 7) is 0. The van der Waals surface area contributed by atoms with E-state index in [0.717, 1.165) is 33.6 Å². The molecule has 27 heavy (non-hydrogen) atoms. The molecule has 0 fully saturated rings. The van der Waals surface area contributed by atoms with Crippen LogP contribution < -0.4 is 4.74 Å². The molecule has 4 heterocycles. The van der Waals surface area contributed by atoms with Gasteiger partial charge in [-0.25, -0.2) is 14.5 Å². The molecule has 0 saturated heterocycles. The van der Waals surface area contributed by atoms with Crippen LogP contribution in [0.5, 0.6) is 5.75 Å². The van der Waals surface area contributed by atoms with Gasteiger partial charge in [0.05, 0.1) is 36.2 Å². The minimum atomic E-state index is 0.509. The lowest BCUT2D eigenvalue weighted by atomic mass is 10.1. The fourth-order valence-electron chi connectivity index (χ4n) is 3.11. The Kier molecular flexibility index (Phi) is 3.54. The zero-order valence-corrected chi connectivity index (χ0v) is 15.0. The normalized spacial score (nSPS) is 11.3. The average Bonchev–Trinajstić information content (AvgIpc) is 3.31. The third kappa shape index (κ3) is 2.51. The van der Waals surface area contributed by atoms with Gasteiger partial charge in [-0.3, -0.25) is 9.55 Å². The second-order valence-corrected chi connectivity index (χ2v) is 6.37. The molecule has 0 spiro atoms. The molecule has 0 amide bonds. The maximum absolute atomic E-state index is 6.20. The smallest absolute Gasteiger partial charge is 0.253 e. The molecule has 0 N–H and O–H groups in total. The molecule has 0 bridgehead atoms. The number of imidazole rings is 1. The van der Waals surface area contributed by atoms with Gasteiger partial charge in [0.1, 0.15) is 17.6 Å². The first kappa shape index (κ1) is 15.8. The number of aromatic nitrogens is 6. The number of hydrogen-bond donors (Lipinski definition) is 0. The van der Waals surface area contributed by atoms with Gasteiger partial charge in [-0.1, -0.05) is 11.6 Å². The minimum absolute atomic E-state index is 0.509. The van der Waals surface area contributed by atoms with Crippen LogP contribution in [0.4, 0.5) is 0 Å². The molecular formula is C19H13ClN6O. The van der Waals surface area contributed by atoms with Crippen molar-refractivity contribution in [3.05, 3.63) is 66.3 Å². The van der Waals surface area contributed by atoms with Gasteiger partial charge in [-0.15, -0.1) is 5.10 Å². The third-order valence-corrected chi connectivity index (χ3v) is 4.62. The summed E-state index contributed by atoms with van der Waals surface area (Å²) in [6.07, 6.45) is 6.89. The Balaban J connectivity index is 1.73. The lowest BCUT2D eigenvalue weighted by Gasteiger charge is -2.10. The molecule has 0 atom stereocenters. The fraction of sp³-hybridized carbons (Fsp3) is 0.0526. The highest BCUT2D eigenvalue weighted by molar-refractivity contribution is 6.31. The van der Waals surface area contributed by atoms with Crippen molar-refractivity contribution in [3.8, 4) is 23.0 Å². The van der Waals surface area contributed by atoms with E-state index in [1.165, 1.54) is 0 Å². The van der Waals surface area contributed by atoms with Crippen LogP contribution >= 0.6 is 11.6 Å². The average molecular weight is 377 g/mol. The van der Waals surface area contributed by atoms with Crippen LogP contribution in [0.2, 0.25) is 5.02 Å². The summed E-state index contributed by atoms with van der Waals surface area (Å²) in [5, 5.41) is 5.35. The summed E-state index contributed by atoms with van der Waals surface area (Å²) in [7, 11) is 1.63. The molecule has 5 aromatic rings. The van der Waals surface area contributed by atoms with E-state index in [0.29, 0.717) is 11.0 Å². The number of nitrogens with zero attached hydrogens (tertiary/aromatic N) is 6. The quantitative estimate of drug-likeness (QED) is 0.479. The van der Waals surface area contributed by atoms with E-state index >= 15 is 0 Å². The summed E-state index contributed by atoms with van der Waals surface area (Å²) in [5.41, 5.74) is 4.25. The first-order chi connectivity index (χ1) is 13.2. The van der Waals surface area contributed by atoms with E-state index in [1.54, 1.807) is 38.1 Å². The Labute approximate surface area is 158 Å². The van der Waals surface area contributed by atoms with Crippen LogP contribution in [-0.2, 0) is 0 Å². The molecule has 7 nitrogen and oxygen atoms in total. The Morgan fingerprint density at radius 2 is 1.96 bits per heavy atom. The molecule has 0 saturated carbocycles. The highest BCUT2D eigenvalue weighted by atomic mass is 35.5. The van der Waals surface area contributed by atoms with Gasteiger partial charge in [0.15, 0.2) is 0 Å². The van der Waals surface area contributed by atoms with Crippen molar-refractivity contribution in [1.82, 2.24) is 29.1 Å². The molecule has 0 unspecified atom stereocenters. The molecule has 5 rings (SSSR count). The summed E-state index contributed by atoms with van der Waals surface area (Å²) in [5.74, 6) is 1.23. The predicted octanol–water partition coefficient (Wildman–Crippen LogP) is 3.79. The summed E-state index contributed by atoms with van der Waals surface area (Å²) in [6, 6.07) is 11.3. The zero-order chi connectivity index (χ0) is 18.4. The summed E-state index contributed by atoms with van der Waals surface area (Å²) in [4.78, 5) is 12.9. The van der Waals surface area contributed by atoms with Gasteiger partial charge in [0.25, 0.3) is 5.95 Å². The number of pyridine rings is 1. The molecular weight excluding hydrogens is 364 g/mol. The van der Waals surface area contributed by atoms with Crippen LogP contribution in [-0.4, -0.2) is 36.2 Å². The van der Waals surface area contributed by atoms with Crippen molar-refractivity contribution in [3.63, 3.8) is 0 Å². The van der Waals surface area contributed by atoms with Crippen molar-refractivity contribution in [2.75, 3.05) is 7.11 Å². The fourth-order valence-corrected chi connectivity index (χ4v) is 3.28. The van der Waals surface area contributed by atoms with Crippen LogP contribution in [0.3, 0.4) is 0 Å². The second kappa shape index (κ2) is 6.07. The monoisotopic (exact) mass is 376 g/mol. The highest BCUT2D eigenvalue weighted by Gasteiger charge is 2.14. The van der Waals surface area contributed by atoms with Crippen LogP contribution in [0, 0.1) is 0 Å². The zero-order valence-electron chi connectivity index (χ0n) is 14.2. The maximum atomic E-state index is 6.20. The van der Waals surface area contributed by atoms with Crippen molar-refractivity contribution >= 4 is 28.2 Å². The van der Waals surface area contributed by atoms with Gasteiger partial charge in [0, 0.05) is 16.8 Å². The summed E-state index contributed by atoms with van der Waals surface area (Å²) < 4.78 is 9.15. The van der Waals surface area contributed by atoms with Gasteiger partial charge >= 0.3 is 0 Å². The number of rotatable bonds is 3. The lowest BCUT2D eigenvalue weighted by Crippen LogP contribution is -2.05. The molecule has 0 aliphatic carbocycles. The number of benzene rings is 1. The van der Waals surface area contributed by atoms with E-state index in [4.69, 9.17) is 21.4 Å². The van der Waals surface area contributed by atoms with E-state index in [2.05, 4.69) is 15.0 Å². The molecule has 0 aliphatic rings. The van der Waals surface area contributed by atoms with Crippen molar-refractivity contribution in [2.45, 2.75) is 0 Å². The first-order valence-electron chi connectivity index (χ1n) is 8.21. The number of methoxy groups -OCH3 is 1. The first-order valence-corrected chi connectivity index (χ1v) is 8.58. The van der Waals surface area contributed by atoms with Gasteiger partial charge in [-0.05, 0) is 36.4 Å².